The predicted molar refractivity (Wildman–Crippen MR) is 59.2 cm³/mol. The molecule has 0 fully saturated rings. The number of methoxy groups -OCH3 is 1. The van der Waals surface area contributed by atoms with Crippen LogP contribution in [0.5, 0.6) is 5.75 Å². The highest BCUT2D eigenvalue weighted by Crippen LogP contribution is 2.22. The van der Waals surface area contributed by atoms with E-state index in [2.05, 4.69) is 5.32 Å². The summed E-state index contributed by atoms with van der Waals surface area (Å²) in [6.07, 6.45) is 0. The molecule has 1 rings (SSSR count). The highest BCUT2D eigenvalue weighted by Gasteiger charge is 2.05. The standard InChI is InChI=1S/C10H13N3O3/c1-16-8-5-3-2-4-7(8)12-6-9(14)13-10(11)15/h2-5,12H,6H2,1H3,(H3,11,13,14,15). The lowest BCUT2D eigenvalue weighted by Crippen LogP contribution is -2.38. The Hall–Kier alpha value is -2.24. The number of nitrogens with one attached hydrogen (secondary N) is 2. The molecule has 4 N–H and O–H groups in total. The van der Waals surface area contributed by atoms with Crippen molar-refractivity contribution in [3.05, 3.63) is 24.3 Å². The van der Waals surface area contributed by atoms with Crippen LogP contribution in [0.3, 0.4) is 0 Å². The first-order valence-electron chi connectivity index (χ1n) is 4.59. The van der Waals surface area contributed by atoms with Crippen LogP contribution in [0.25, 0.3) is 0 Å². The summed E-state index contributed by atoms with van der Waals surface area (Å²) in [5.74, 6) is 0.118. The summed E-state index contributed by atoms with van der Waals surface area (Å²) in [5.41, 5.74) is 5.47. The Labute approximate surface area is 92.8 Å². The minimum absolute atomic E-state index is 0.0523. The van der Waals surface area contributed by atoms with E-state index >= 15 is 0 Å². The van der Waals surface area contributed by atoms with Crippen molar-refractivity contribution in [2.24, 2.45) is 5.73 Å². The van der Waals surface area contributed by atoms with Gasteiger partial charge in [-0.15, -0.1) is 0 Å². The molecule has 0 heterocycles. The van der Waals surface area contributed by atoms with Crippen molar-refractivity contribution in [1.82, 2.24) is 5.32 Å². The maximum absolute atomic E-state index is 11.1. The fraction of sp³-hybridized carbons (Fsp3) is 0.200. The van der Waals surface area contributed by atoms with Crippen molar-refractivity contribution < 1.29 is 14.3 Å². The van der Waals surface area contributed by atoms with Gasteiger partial charge in [-0.05, 0) is 12.1 Å². The molecule has 0 aliphatic rings. The van der Waals surface area contributed by atoms with Gasteiger partial charge in [-0.3, -0.25) is 10.1 Å². The topological polar surface area (TPSA) is 93.4 Å². The second-order valence-corrected chi connectivity index (χ2v) is 2.97. The lowest BCUT2D eigenvalue weighted by atomic mass is 10.3. The molecule has 0 saturated carbocycles. The maximum atomic E-state index is 11.1. The number of urea groups is 1. The number of carbonyl (C=O) groups excluding carboxylic acids is 2. The summed E-state index contributed by atoms with van der Waals surface area (Å²) in [4.78, 5) is 21.5. The summed E-state index contributed by atoms with van der Waals surface area (Å²) in [6, 6.07) is 6.27. The number of nitrogens with two attached hydrogens (primary N) is 1. The quantitative estimate of drug-likeness (QED) is 0.684. The van der Waals surface area contributed by atoms with Gasteiger partial charge in [0.25, 0.3) is 0 Å². The number of primary amides is 1. The number of carbonyl (C=O) groups is 2. The van der Waals surface area contributed by atoms with Crippen LogP contribution >= 0.6 is 0 Å². The van der Waals surface area contributed by atoms with E-state index < -0.39 is 11.9 Å². The highest BCUT2D eigenvalue weighted by molar-refractivity contribution is 5.95. The molecule has 0 radical (unpaired) electrons. The minimum Gasteiger partial charge on any atom is -0.495 e. The van der Waals surface area contributed by atoms with Crippen LogP contribution < -0.4 is 21.1 Å². The first-order chi connectivity index (χ1) is 7.63. The summed E-state index contributed by atoms with van der Waals surface area (Å²) < 4.78 is 5.07. The maximum Gasteiger partial charge on any atom is 0.318 e. The van der Waals surface area contributed by atoms with Crippen LogP contribution in [0.15, 0.2) is 24.3 Å². The number of benzene rings is 1. The van der Waals surface area contributed by atoms with Crippen LogP contribution in [0.1, 0.15) is 0 Å². The summed E-state index contributed by atoms with van der Waals surface area (Å²) in [5, 5.41) is 4.77. The van der Waals surface area contributed by atoms with Crippen molar-refractivity contribution in [2.75, 3.05) is 19.0 Å². The van der Waals surface area contributed by atoms with Crippen LogP contribution in [0, 0.1) is 0 Å². The lowest BCUT2D eigenvalue weighted by Gasteiger charge is -2.09. The van der Waals surface area contributed by atoms with E-state index in [9.17, 15) is 9.59 Å². The molecule has 0 aromatic heterocycles. The molecule has 0 unspecified atom stereocenters. The van der Waals surface area contributed by atoms with Crippen molar-refractivity contribution in [3.63, 3.8) is 0 Å². The number of rotatable bonds is 4. The zero-order valence-corrected chi connectivity index (χ0v) is 8.82. The number of anilines is 1. The average molecular weight is 223 g/mol. The minimum atomic E-state index is -0.869. The first-order valence-corrected chi connectivity index (χ1v) is 4.59. The molecule has 86 valence electrons. The summed E-state index contributed by atoms with van der Waals surface area (Å²) in [6.45, 7) is -0.0523. The molecule has 3 amide bonds. The number of hydrogen-bond donors (Lipinski definition) is 3. The van der Waals surface area contributed by atoms with Gasteiger partial charge >= 0.3 is 6.03 Å². The van der Waals surface area contributed by atoms with Gasteiger partial charge in [-0.2, -0.15) is 0 Å². The van der Waals surface area contributed by atoms with Gasteiger partial charge in [-0.1, -0.05) is 12.1 Å². The first kappa shape index (κ1) is 11.8. The van der Waals surface area contributed by atoms with E-state index in [4.69, 9.17) is 10.5 Å². The Morgan fingerprint density at radius 2 is 2.06 bits per heavy atom. The van der Waals surface area contributed by atoms with Crippen molar-refractivity contribution in [2.45, 2.75) is 0 Å². The molecule has 0 bridgehead atoms. The molecule has 1 aromatic carbocycles. The zero-order chi connectivity index (χ0) is 12.0. The molecule has 0 spiro atoms. The van der Waals surface area contributed by atoms with E-state index in [1.54, 1.807) is 18.2 Å². The Morgan fingerprint density at radius 1 is 1.38 bits per heavy atom. The van der Waals surface area contributed by atoms with E-state index in [1.165, 1.54) is 7.11 Å². The highest BCUT2D eigenvalue weighted by atomic mass is 16.5. The van der Waals surface area contributed by atoms with Crippen molar-refractivity contribution >= 4 is 17.6 Å². The van der Waals surface area contributed by atoms with E-state index in [0.717, 1.165) is 0 Å². The van der Waals surface area contributed by atoms with Crippen LogP contribution in [0.4, 0.5) is 10.5 Å². The van der Waals surface area contributed by atoms with E-state index in [-0.39, 0.29) is 6.54 Å². The third kappa shape index (κ3) is 3.49. The number of hydrogen-bond acceptors (Lipinski definition) is 4. The smallest absolute Gasteiger partial charge is 0.318 e. The normalized spacial score (nSPS) is 9.31. The van der Waals surface area contributed by atoms with Gasteiger partial charge < -0.3 is 15.8 Å². The van der Waals surface area contributed by atoms with Crippen LogP contribution in [-0.2, 0) is 4.79 Å². The van der Waals surface area contributed by atoms with Crippen LogP contribution in [-0.4, -0.2) is 25.6 Å². The molecular formula is C10H13N3O3. The van der Waals surface area contributed by atoms with E-state index in [0.29, 0.717) is 11.4 Å². The predicted octanol–water partition coefficient (Wildman–Crippen LogP) is 0.302. The zero-order valence-electron chi connectivity index (χ0n) is 8.82. The second-order valence-electron chi connectivity index (χ2n) is 2.97. The molecular weight excluding hydrogens is 210 g/mol. The van der Waals surface area contributed by atoms with Gasteiger partial charge in [0.2, 0.25) is 5.91 Å². The Morgan fingerprint density at radius 3 is 2.69 bits per heavy atom. The molecule has 0 saturated heterocycles. The number of imide groups is 1. The molecule has 0 aliphatic heterocycles. The average Bonchev–Trinajstić information content (AvgIpc) is 2.26. The SMILES string of the molecule is COc1ccccc1NCC(=O)NC(N)=O. The van der Waals surface area contributed by atoms with Crippen LogP contribution in [0.2, 0.25) is 0 Å². The third-order valence-electron chi connectivity index (χ3n) is 1.81. The van der Waals surface area contributed by atoms with Crippen molar-refractivity contribution in [3.8, 4) is 5.75 Å². The van der Waals surface area contributed by atoms with E-state index in [1.807, 2.05) is 11.4 Å². The molecule has 6 heteroatoms. The molecule has 1 aromatic rings. The number of ether oxygens (including phenoxy) is 1. The number of para-hydroxylation sites is 2. The fourth-order valence-electron chi connectivity index (χ4n) is 1.15. The summed E-state index contributed by atoms with van der Waals surface area (Å²) in [7, 11) is 1.53. The monoisotopic (exact) mass is 223 g/mol. The lowest BCUT2D eigenvalue weighted by molar-refractivity contribution is -0.118. The molecule has 0 atom stereocenters. The summed E-state index contributed by atoms with van der Waals surface area (Å²) >= 11 is 0. The molecule has 6 nitrogen and oxygen atoms in total. The van der Waals surface area contributed by atoms with Gasteiger partial charge in [0.1, 0.15) is 5.75 Å². The van der Waals surface area contributed by atoms with Gasteiger partial charge in [0.05, 0.1) is 19.3 Å². The third-order valence-corrected chi connectivity index (χ3v) is 1.81. The Bertz CT molecular complexity index is 393. The van der Waals surface area contributed by atoms with Crippen molar-refractivity contribution in [1.29, 1.82) is 0 Å². The van der Waals surface area contributed by atoms with Gasteiger partial charge in [-0.25, -0.2) is 4.79 Å². The van der Waals surface area contributed by atoms with Gasteiger partial charge in [0, 0.05) is 0 Å². The largest absolute Gasteiger partial charge is 0.495 e. The molecule has 16 heavy (non-hydrogen) atoms. The van der Waals surface area contributed by atoms with Gasteiger partial charge in [0.15, 0.2) is 0 Å². The Kier molecular flexibility index (Phi) is 4.14. The number of amides is 3. The second kappa shape index (κ2) is 5.59. The fourth-order valence-corrected chi connectivity index (χ4v) is 1.15. The molecule has 0 aliphatic carbocycles. The Balaban J connectivity index is 2.54.